The number of hydrogen-bond acceptors (Lipinski definition) is 4. The molecule has 0 spiro atoms. The molecule has 0 radical (unpaired) electrons. The van der Waals surface area contributed by atoms with Gasteiger partial charge < -0.3 is 9.64 Å². The second kappa shape index (κ2) is 5.70. The smallest absolute Gasteiger partial charge is 0.328 e. The summed E-state index contributed by atoms with van der Waals surface area (Å²) in [4.78, 5) is 13.7. The number of hydrogen-bond donors (Lipinski definition) is 0. The van der Waals surface area contributed by atoms with Crippen LogP contribution in [0.4, 0.5) is 10.1 Å². The van der Waals surface area contributed by atoms with Crippen molar-refractivity contribution in [3.63, 3.8) is 0 Å². The molecular formula is C14H15FN2O2. The van der Waals surface area contributed by atoms with Gasteiger partial charge in [0.25, 0.3) is 0 Å². The molecule has 19 heavy (non-hydrogen) atoms. The van der Waals surface area contributed by atoms with E-state index in [4.69, 9.17) is 10.00 Å². The van der Waals surface area contributed by atoms with Crippen LogP contribution in [0.3, 0.4) is 0 Å². The number of esters is 1. The van der Waals surface area contributed by atoms with E-state index < -0.39 is 5.82 Å². The van der Waals surface area contributed by atoms with E-state index in [0.29, 0.717) is 25.3 Å². The van der Waals surface area contributed by atoms with Crippen LogP contribution in [-0.4, -0.2) is 25.2 Å². The van der Waals surface area contributed by atoms with Crippen LogP contribution in [0, 0.1) is 17.1 Å². The first-order valence-electron chi connectivity index (χ1n) is 6.30. The lowest BCUT2D eigenvalue weighted by atomic mass is 10.1. The minimum atomic E-state index is -0.561. The maximum Gasteiger partial charge on any atom is 0.328 e. The highest BCUT2D eigenvalue weighted by molar-refractivity contribution is 5.81. The monoisotopic (exact) mass is 262 g/mol. The highest BCUT2D eigenvalue weighted by Gasteiger charge is 2.32. The number of rotatable bonds is 3. The third-order valence-corrected chi connectivity index (χ3v) is 3.22. The van der Waals surface area contributed by atoms with Gasteiger partial charge in [0.05, 0.1) is 12.2 Å². The predicted octanol–water partition coefficient (Wildman–Crippen LogP) is 2.23. The maximum atomic E-state index is 13.6. The predicted molar refractivity (Wildman–Crippen MR) is 68.1 cm³/mol. The molecule has 1 aromatic rings. The maximum absolute atomic E-state index is 13.6. The molecule has 1 atom stereocenters. The molecule has 4 nitrogen and oxygen atoms in total. The summed E-state index contributed by atoms with van der Waals surface area (Å²) in [6.45, 7) is 2.79. The van der Waals surface area contributed by atoms with Crippen molar-refractivity contribution in [2.24, 2.45) is 0 Å². The number of carbonyl (C=O) groups is 1. The van der Waals surface area contributed by atoms with Crippen molar-refractivity contribution in [1.82, 2.24) is 0 Å². The van der Waals surface area contributed by atoms with Crippen molar-refractivity contribution < 1.29 is 13.9 Å². The minimum Gasteiger partial charge on any atom is -0.464 e. The van der Waals surface area contributed by atoms with Gasteiger partial charge in [0.15, 0.2) is 0 Å². The quantitative estimate of drug-likeness (QED) is 0.784. The molecule has 1 heterocycles. The number of nitriles is 1. The molecule has 0 amide bonds. The fourth-order valence-electron chi connectivity index (χ4n) is 2.33. The lowest BCUT2D eigenvalue weighted by Crippen LogP contribution is -2.37. The van der Waals surface area contributed by atoms with Crippen LogP contribution in [-0.2, 0) is 9.53 Å². The molecule has 1 aliphatic rings. The summed E-state index contributed by atoms with van der Waals surface area (Å²) in [6.07, 6.45) is 1.57. The Morgan fingerprint density at radius 3 is 3.05 bits per heavy atom. The summed E-state index contributed by atoms with van der Waals surface area (Å²) in [7, 11) is 0. The second-order valence-corrected chi connectivity index (χ2v) is 4.38. The summed E-state index contributed by atoms with van der Waals surface area (Å²) in [6, 6.07) is 5.83. The summed E-state index contributed by atoms with van der Waals surface area (Å²) < 4.78 is 18.6. The van der Waals surface area contributed by atoms with E-state index in [2.05, 4.69) is 0 Å². The highest BCUT2D eigenvalue weighted by atomic mass is 19.1. The average Bonchev–Trinajstić information content (AvgIpc) is 2.88. The van der Waals surface area contributed by atoms with Crippen molar-refractivity contribution in [2.75, 3.05) is 18.1 Å². The third kappa shape index (κ3) is 2.68. The van der Waals surface area contributed by atoms with Crippen molar-refractivity contribution >= 4 is 11.7 Å². The van der Waals surface area contributed by atoms with Crippen LogP contribution < -0.4 is 4.90 Å². The zero-order chi connectivity index (χ0) is 13.8. The van der Waals surface area contributed by atoms with E-state index >= 15 is 0 Å². The van der Waals surface area contributed by atoms with E-state index in [1.807, 2.05) is 4.90 Å². The fourth-order valence-corrected chi connectivity index (χ4v) is 2.33. The van der Waals surface area contributed by atoms with E-state index in [1.54, 1.807) is 19.1 Å². The molecule has 0 bridgehead atoms. The Morgan fingerprint density at radius 2 is 2.42 bits per heavy atom. The normalized spacial score (nSPS) is 18.2. The summed E-state index contributed by atoms with van der Waals surface area (Å²) >= 11 is 0. The van der Waals surface area contributed by atoms with Gasteiger partial charge in [0.2, 0.25) is 0 Å². The summed E-state index contributed by atoms with van der Waals surface area (Å²) in [5, 5.41) is 8.71. The first-order chi connectivity index (χ1) is 9.17. The molecule has 1 fully saturated rings. The number of ether oxygens (including phenoxy) is 1. The largest absolute Gasteiger partial charge is 0.464 e. The molecular weight excluding hydrogens is 247 g/mol. The first-order valence-corrected chi connectivity index (χ1v) is 6.30. The first kappa shape index (κ1) is 13.3. The van der Waals surface area contributed by atoms with Crippen molar-refractivity contribution in [2.45, 2.75) is 25.8 Å². The van der Waals surface area contributed by atoms with Crippen LogP contribution in [0.2, 0.25) is 0 Å². The second-order valence-electron chi connectivity index (χ2n) is 4.38. The molecule has 1 aromatic carbocycles. The molecule has 100 valence electrons. The topological polar surface area (TPSA) is 53.3 Å². The SMILES string of the molecule is CCOC(=O)C1CCCN1c1ccc(C#N)c(F)c1. The lowest BCUT2D eigenvalue weighted by Gasteiger charge is -2.25. The summed E-state index contributed by atoms with van der Waals surface area (Å²) in [5.41, 5.74) is 0.627. The van der Waals surface area contributed by atoms with Crippen molar-refractivity contribution in [3.05, 3.63) is 29.6 Å². The molecule has 0 saturated carbocycles. The standard InChI is InChI=1S/C14H15FN2O2/c1-2-19-14(18)13-4-3-7-17(13)11-6-5-10(9-16)12(15)8-11/h5-6,8,13H,2-4,7H2,1H3. The Hall–Kier alpha value is -2.09. The Balaban J connectivity index is 2.23. The van der Waals surface area contributed by atoms with E-state index in [1.165, 1.54) is 12.1 Å². The van der Waals surface area contributed by atoms with Gasteiger partial charge in [-0.3, -0.25) is 0 Å². The number of carbonyl (C=O) groups excluding carboxylic acids is 1. The number of halogens is 1. The van der Waals surface area contributed by atoms with Crippen LogP contribution in [0.25, 0.3) is 0 Å². The molecule has 2 rings (SSSR count). The number of anilines is 1. The van der Waals surface area contributed by atoms with E-state index in [-0.39, 0.29) is 17.6 Å². The lowest BCUT2D eigenvalue weighted by molar-refractivity contribution is -0.144. The van der Waals surface area contributed by atoms with Gasteiger partial charge in [-0.2, -0.15) is 5.26 Å². The Bertz CT molecular complexity index is 525. The average molecular weight is 262 g/mol. The van der Waals surface area contributed by atoms with Gasteiger partial charge in [-0.15, -0.1) is 0 Å². The molecule has 0 N–H and O–H groups in total. The van der Waals surface area contributed by atoms with Crippen LogP contribution in [0.5, 0.6) is 0 Å². The van der Waals surface area contributed by atoms with Crippen LogP contribution in [0.15, 0.2) is 18.2 Å². The highest BCUT2D eigenvalue weighted by Crippen LogP contribution is 2.27. The van der Waals surface area contributed by atoms with Crippen molar-refractivity contribution in [1.29, 1.82) is 5.26 Å². The van der Waals surface area contributed by atoms with Crippen molar-refractivity contribution in [3.8, 4) is 6.07 Å². The molecule has 1 unspecified atom stereocenters. The Kier molecular flexibility index (Phi) is 4.00. The third-order valence-electron chi connectivity index (χ3n) is 3.22. The van der Waals surface area contributed by atoms with Crippen LogP contribution in [0.1, 0.15) is 25.3 Å². The van der Waals surface area contributed by atoms with E-state index in [0.717, 1.165) is 6.42 Å². The minimum absolute atomic E-state index is 0.00984. The molecule has 0 aliphatic carbocycles. The van der Waals surface area contributed by atoms with Gasteiger partial charge in [-0.05, 0) is 38.0 Å². The van der Waals surface area contributed by atoms with E-state index in [9.17, 15) is 9.18 Å². The zero-order valence-electron chi connectivity index (χ0n) is 10.7. The molecule has 1 saturated heterocycles. The molecule has 0 aromatic heterocycles. The zero-order valence-corrected chi connectivity index (χ0v) is 10.7. The van der Waals surface area contributed by atoms with Gasteiger partial charge in [-0.25, -0.2) is 9.18 Å². The van der Waals surface area contributed by atoms with Gasteiger partial charge in [0, 0.05) is 12.2 Å². The number of benzene rings is 1. The number of nitrogens with zero attached hydrogens (tertiary/aromatic N) is 2. The Labute approximate surface area is 111 Å². The molecule has 5 heteroatoms. The summed E-state index contributed by atoms with van der Waals surface area (Å²) in [5.74, 6) is -0.834. The fraction of sp³-hybridized carbons (Fsp3) is 0.429. The van der Waals surface area contributed by atoms with Gasteiger partial charge in [0.1, 0.15) is 17.9 Å². The van der Waals surface area contributed by atoms with Gasteiger partial charge >= 0.3 is 5.97 Å². The molecule has 1 aliphatic heterocycles. The van der Waals surface area contributed by atoms with Crippen LogP contribution >= 0.6 is 0 Å². The van der Waals surface area contributed by atoms with Gasteiger partial charge in [-0.1, -0.05) is 0 Å². The Morgan fingerprint density at radius 1 is 1.63 bits per heavy atom.